The Bertz CT molecular complexity index is 264. The summed E-state index contributed by atoms with van der Waals surface area (Å²) >= 11 is 4.38. The smallest absolute Gasteiger partial charge is 0.350 e. The van der Waals surface area contributed by atoms with Crippen LogP contribution in [0.4, 0.5) is 8.78 Å². The minimum Gasteiger partial charge on any atom is -0.392 e. The van der Waals surface area contributed by atoms with Crippen molar-refractivity contribution in [3.8, 4) is 0 Å². The number of nitrogens with one attached hydrogen (secondary N) is 1. The lowest BCUT2D eigenvalue weighted by molar-refractivity contribution is 0.232. The largest absolute Gasteiger partial charge is 0.392 e. The van der Waals surface area contributed by atoms with Crippen molar-refractivity contribution in [2.75, 3.05) is 0 Å². The molecule has 0 aliphatic carbocycles. The Balaban J connectivity index is 4.37. The highest BCUT2D eigenvalue weighted by molar-refractivity contribution is 7.89. The van der Waals surface area contributed by atoms with E-state index >= 15 is 0 Å². The highest BCUT2D eigenvalue weighted by Crippen LogP contribution is 2.02. The van der Waals surface area contributed by atoms with Gasteiger partial charge in [-0.25, -0.2) is 13.1 Å². The van der Waals surface area contributed by atoms with Crippen molar-refractivity contribution in [2.24, 2.45) is 5.73 Å². The zero-order chi connectivity index (χ0) is 9.94. The Morgan fingerprint density at radius 2 is 2.00 bits per heavy atom. The SMILES string of the molecule is CC(NS(=O)(=O)C(F)F)C(N)=S. The first-order valence-electron chi connectivity index (χ1n) is 2.86. The third-order valence-corrected chi connectivity index (χ3v) is 2.51. The van der Waals surface area contributed by atoms with E-state index in [-0.39, 0.29) is 4.99 Å². The first-order chi connectivity index (χ1) is 5.27. The second-order valence-corrected chi connectivity index (χ2v) is 4.20. The fourth-order valence-electron chi connectivity index (χ4n) is 0.356. The van der Waals surface area contributed by atoms with Crippen LogP contribution >= 0.6 is 12.2 Å². The zero-order valence-electron chi connectivity index (χ0n) is 6.12. The maximum atomic E-state index is 11.7. The van der Waals surface area contributed by atoms with E-state index in [2.05, 4.69) is 12.2 Å². The van der Waals surface area contributed by atoms with Crippen LogP contribution in [0.2, 0.25) is 0 Å². The molecular formula is C4H8F2N2O2S2. The highest BCUT2D eigenvalue weighted by Gasteiger charge is 2.26. The van der Waals surface area contributed by atoms with Gasteiger partial charge in [0.15, 0.2) is 0 Å². The molecule has 0 fully saturated rings. The average Bonchev–Trinajstić information content (AvgIpc) is 1.85. The molecular weight excluding hydrogens is 210 g/mol. The Hall–Kier alpha value is -0.340. The van der Waals surface area contributed by atoms with E-state index in [0.29, 0.717) is 0 Å². The topological polar surface area (TPSA) is 72.2 Å². The van der Waals surface area contributed by atoms with Crippen molar-refractivity contribution >= 4 is 27.2 Å². The fourth-order valence-corrected chi connectivity index (χ4v) is 1.21. The van der Waals surface area contributed by atoms with Gasteiger partial charge in [-0.3, -0.25) is 0 Å². The van der Waals surface area contributed by atoms with E-state index in [1.54, 1.807) is 4.72 Å². The molecule has 0 bridgehead atoms. The number of alkyl halides is 2. The summed E-state index contributed by atoms with van der Waals surface area (Å²) in [6.45, 7) is 1.28. The molecule has 0 aliphatic heterocycles. The molecule has 0 aromatic rings. The molecule has 1 unspecified atom stereocenters. The van der Waals surface area contributed by atoms with Crippen LogP contribution in [0.15, 0.2) is 0 Å². The molecule has 0 amide bonds. The van der Waals surface area contributed by atoms with Gasteiger partial charge >= 0.3 is 5.76 Å². The monoisotopic (exact) mass is 218 g/mol. The molecule has 0 saturated heterocycles. The second kappa shape index (κ2) is 4.06. The molecule has 0 aromatic heterocycles. The van der Waals surface area contributed by atoms with Crippen LogP contribution in [0.5, 0.6) is 0 Å². The van der Waals surface area contributed by atoms with Crippen molar-refractivity contribution in [3.05, 3.63) is 0 Å². The van der Waals surface area contributed by atoms with E-state index in [1.165, 1.54) is 6.92 Å². The summed E-state index contributed by atoms with van der Waals surface area (Å²) in [6.07, 6.45) is 0. The minimum atomic E-state index is -4.59. The van der Waals surface area contributed by atoms with E-state index in [0.717, 1.165) is 0 Å². The summed E-state index contributed by atoms with van der Waals surface area (Å²) in [5.74, 6) is -3.46. The van der Waals surface area contributed by atoms with Crippen LogP contribution in [-0.2, 0) is 10.0 Å². The summed E-state index contributed by atoms with van der Waals surface area (Å²) in [5, 5.41) is 0. The first-order valence-corrected chi connectivity index (χ1v) is 4.81. The molecule has 0 aliphatic rings. The predicted molar refractivity (Wildman–Crippen MR) is 44.3 cm³/mol. The number of thiocarbonyl (C=S) groups is 1. The predicted octanol–water partition coefficient (Wildman–Crippen LogP) is -0.197. The van der Waals surface area contributed by atoms with Crippen LogP contribution in [0.25, 0.3) is 0 Å². The Morgan fingerprint density at radius 3 is 2.25 bits per heavy atom. The van der Waals surface area contributed by atoms with Gasteiger partial charge in [0.2, 0.25) is 0 Å². The van der Waals surface area contributed by atoms with Gasteiger partial charge in [-0.2, -0.15) is 8.78 Å². The molecule has 1 atom stereocenters. The van der Waals surface area contributed by atoms with Gasteiger partial charge in [-0.1, -0.05) is 12.2 Å². The third-order valence-electron chi connectivity index (χ3n) is 1.00. The first kappa shape index (κ1) is 11.7. The standard InChI is InChI=1S/C4H8F2N2O2S2/c1-2(3(7)11)8-12(9,10)4(5)6/h2,4,8H,1H3,(H2,7,11). The van der Waals surface area contributed by atoms with Gasteiger partial charge in [0.05, 0.1) is 11.0 Å². The Morgan fingerprint density at radius 1 is 1.58 bits per heavy atom. The number of hydrogen-bond acceptors (Lipinski definition) is 3. The number of sulfonamides is 1. The molecule has 0 heterocycles. The van der Waals surface area contributed by atoms with Crippen LogP contribution in [0.1, 0.15) is 6.92 Å². The van der Waals surface area contributed by atoms with Gasteiger partial charge in [0.1, 0.15) is 0 Å². The van der Waals surface area contributed by atoms with Gasteiger partial charge in [-0.15, -0.1) is 0 Å². The quantitative estimate of drug-likeness (QED) is 0.641. The number of rotatable bonds is 4. The molecule has 0 saturated carbocycles. The number of nitrogens with two attached hydrogens (primary N) is 1. The fraction of sp³-hybridized carbons (Fsp3) is 0.750. The van der Waals surface area contributed by atoms with Gasteiger partial charge in [-0.05, 0) is 6.92 Å². The van der Waals surface area contributed by atoms with Crippen LogP contribution < -0.4 is 10.5 Å². The van der Waals surface area contributed by atoms with Crippen LogP contribution in [0.3, 0.4) is 0 Å². The highest BCUT2D eigenvalue weighted by atomic mass is 32.2. The zero-order valence-corrected chi connectivity index (χ0v) is 7.75. The molecule has 12 heavy (non-hydrogen) atoms. The Kier molecular flexibility index (Phi) is 3.94. The van der Waals surface area contributed by atoms with E-state index in [4.69, 9.17) is 5.73 Å². The summed E-state index contributed by atoms with van der Waals surface area (Å²) in [4.78, 5) is -0.181. The van der Waals surface area contributed by atoms with Gasteiger partial charge in [0.25, 0.3) is 10.0 Å². The van der Waals surface area contributed by atoms with Gasteiger partial charge < -0.3 is 5.73 Å². The molecule has 4 nitrogen and oxygen atoms in total. The summed E-state index contributed by atoms with van der Waals surface area (Å²) < 4.78 is 46.0. The lowest BCUT2D eigenvalue weighted by Gasteiger charge is -2.11. The number of hydrogen-bond donors (Lipinski definition) is 2. The molecule has 3 N–H and O–H groups in total. The maximum Gasteiger partial charge on any atom is 0.350 e. The summed E-state index contributed by atoms with van der Waals surface area (Å²) in [6, 6.07) is -0.959. The molecule has 0 aromatic carbocycles. The summed E-state index contributed by atoms with van der Waals surface area (Å²) in [7, 11) is -4.59. The lowest BCUT2D eigenvalue weighted by Crippen LogP contribution is -2.43. The van der Waals surface area contributed by atoms with E-state index < -0.39 is 21.8 Å². The average molecular weight is 218 g/mol. The second-order valence-electron chi connectivity index (χ2n) is 2.05. The van der Waals surface area contributed by atoms with Crippen molar-refractivity contribution in [1.82, 2.24) is 4.72 Å². The number of halogens is 2. The molecule has 0 radical (unpaired) electrons. The maximum absolute atomic E-state index is 11.7. The molecule has 72 valence electrons. The Labute approximate surface area is 74.2 Å². The van der Waals surface area contributed by atoms with Crippen LogP contribution in [-0.4, -0.2) is 25.2 Å². The van der Waals surface area contributed by atoms with E-state index in [1.807, 2.05) is 0 Å². The molecule has 0 spiro atoms. The third kappa shape index (κ3) is 3.37. The van der Waals surface area contributed by atoms with Crippen molar-refractivity contribution in [2.45, 2.75) is 18.7 Å². The van der Waals surface area contributed by atoms with Crippen molar-refractivity contribution in [3.63, 3.8) is 0 Å². The normalized spacial score (nSPS) is 14.7. The lowest BCUT2D eigenvalue weighted by atomic mass is 10.4. The summed E-state index contributed by atoms with van der Waals surface area (Å²) in [5.41, 5.74) is 5.00. The van der Waals surface area contributed by atoms with Crippen molar-refractivity contribution < 1.29 is 17.2 Å². The van der Waals surface area contributed by atoms with Gasteiger partial charge in [0, 0.05) is 0 Å². The minimum absolute atomic E-state index is 0.181. The van der Waals surface area contributed by atoms with Crippen LogP contribution in [0, 0.1) is 0 Å². The molecule has 0 rings (SSSR count). The van der Waals surface area contributed by atoms with E-state index in [9.17, 15) is 17.2 Å². The van der Waals surface area contributed by atoms with Crippen molar-refractivity contribution in [1.29, 1.82) is 0 Å². The molecule has 8 heteroatoms.